The summed E-state index contributed by atoms with van der Waals surface area (Å²) in [5.74, 6) is -0.181. The van der Waals surface area contributed by atoms with E-state index in [1.807, 2.05) is 12.1 Å². The summed E-state index contributed by atoms with van der Waals surface area (Å²) in [6, 6.07) is 4.99. The van der Waals surface area contributed by atoms with Crippen LogP contribution in [0.5, 0.6) is 0 Å². The Morgan fingerprint density at radius 1 is 1.55 bits per heavy atom. The molecule has 2 aromatic rings. The maximum absolute atomic E-state index is 12.7. The number of carbonyl (C=O) groups is 1. The number of nitro groups is 1. The topological polar surface area (TPSA) is 88.4 Å². The van der Waals surface area contributed by atoms with Gasteiger partial charge in [0, 0.05) is 43.5 Å². The van der Waals surface area contributed by atoms with Crippen LogP contribution in [-0.4, -0.2) is 40.3 Å². The Morgan fingerprint density at radius 2 is 2.41 bits per heavy atom. The Bertz CT molecular complexity index is 688. The van der Waals surface area contributed by atoms with E-state index in [0.29, 0.717) is 25.2 Å². The van der Waals surface area contributed by atoms with Gasteiger partial charge in [0.1, 0.15) is 0 Å². The molecule has 2 aromatic heterocycles. The lowest BCUT2D eigenvalue weighted by atomic mass is 10.0. The number of thiophene rings is 1. The monoisotopic (exact) mass is 318 g/mol. The van der Waals surface area contributed by atoms with E-state index < -0.39 is 4.92 Å². The zero-order valence-electron chi connectivity index (χ0n) is 11.6. The van der Waals surface area contributed by atoms with Crippen LogP contribution in [0.2, 0.25) is 0 Å². The van der Waals surface area contributed by atoms with E-state index in [1.165, 1.54) is 6.07 Å². The van der Waals surface area contributed by atoms with Crippen molar-refractivity contribution < 1.29 is 9.72 Å². The number of aromatic nitrogens is 1. The number of carbonyl (C=O) groups excluding carboxylic acids is 1. The standard InChI is InChI=1S/C14H14N4O3S/c19-14(11-6-13(18(20)21)22-9-11)17-5-4-16-8-12(17)10-2-1-3-15-7-10/h1-3,6-7,9,12,16H,4-5,8H2. The Morgan fingerprint density at radius 3 is 3.09 bits per heavy atom. The van der Waals surface area contributed by atoms with Crippen molar-refractivity contribution in [2.45, 2.75) is 6.04 Å². The fraction of sp³-hybridized carbons (Fsp3) is 0.286. The molecule has 1 amide bonds. The van der Waals surface area contributed by atoms with Crippen LogP contribution in [0.25, 0.3) is 0 Å². The van der Waals surface area contributed by atoms with E-state index in [4.69, 9.17) is 0 Å². The van der Waals surface area contributed by atoms with E-state index in [-0.39, 0.29) is 17.0 Å². The molecule has 8 heteroatoms. The van der Waals surface area contributed by atoms with Gasteiger partial charge >= 0.3 is 5.00 Å². The predicted octanol–water partition coefficient (Wildman–Crippen LogP) is 1.84. The van der Waals surface area contributed by atoms with Crippen LogP contribution in [0.4, 0.5) is 5.00 Å². The second-order valence-electron chi connectivity index (χ2n) is 4.94. The van der Waals surface area contributed by atoms with Gasteiger partial charge < -0.3 is 10.2 Å². The minimum Gasteiger partial charge on any atom is -0.329 e. The van der Waals surface area contributed by atoms with Gasteiger partial charge in [-0.05, 0) is 11.6 Å². The van der Waals surface area contributed by atoms with E-state index in [9.17, 15) is 14.9 Å². The third-order valence-electron chi connectivity index (χ3n) is 3.59. The molecule has 3 heterocycles. The van der Waals surface area contributed by atoms with E-state index in [2.05, 4.69) is 10.3 Å². The summed E-state index contributed by atoms with van der Waals surface area (Å²) in [6.07, 6.45) is 3.43. The lowest BCUT2D eigenvalue weighted by molar-refractivity contribution is -0.380. The number of piperazine rings is 1. The highest BCUT2D eigenvalue weighted by atomic mass is 32.1. The molecule has 1 fully saturated rings. The van der Waals surface area contributed by atoms with Crippen molar-refractivity contribution in [3.8, 4) is 0 Å². The minimum absolute atomic E-state index is 0.0172. The molecule has 1 saturated heterocycles. The van der Waals surface area contributed by atoms with Crippen molar-refractivity contribution >= 4 is 22.2 Å². The van der Waals surface area contributed by atoms with Crippen molar-refractivity contribution in [3.63, 3.8) is 0 Å². The third kappa shape index (κ3) is 2.83. The minimum atomic E-state index is -0.474. The summed E-state index contributed by atoms with van der Waals surface area (Å²) in [5.41, 5.74) is 1.32. The second-order valence-corrected chi connectivity index (χ2v) is 5.83. The van der Waals surface area contributed by atoms with Crippen LogP contribution in [0.1, 0.15) is 22.0 Å². The molecule has 0 bridgehead atoms. The highest BCUT2D eigenvalue weighted by Crippen LogP contribution is 2.27. The lowest BCUT2D eigenvalue weighted by Gasteiger charge is -2.36. The van der Waals surface area contributed by atoms with Crippen LogP contribution in [-0.2, 0) is 0 Å². The fourth-order valence-electron chi connectivity index (χ4n) is 2.52. The van der Waals surface area contributed by atoms with Gasteiger partial charge in [-0.1, -0.05) is 17.4 Å². The van der Waals surface area contributed by atoms with Gasteiger partial charge in [-0.3, -0.25) is 19.9 Å². The molecule has 0 aliphatic carbocycles. The quantitative estimate of drug-likeness (QED) is 0.689. The highest BCUT2D eigenvalue weighted by molar-refractivity contribution is 7.13. The highest BCUT2D eigenvalue weighted by Gasteiger charge is 2.30. The van der Waals surface area contributed by atoms with E-state index >= 15 is 0 Å². The van der Waals surface area contributed by atoms with E-state index in [0.717, 1.165) is 16.9 Å². The molecule has 1 aliphatic heterocycles. The van der Waals surface area contributed by atoms with Crippen molar-refractivity contribution in [1.29, 1.82) is 0 Å². The molecular formula is C14H14N4O3S. The van der Waals surface area contributed by atoms with Gasteiger partial charge in [-0.25, -0.2) is 0 Å². The number of rotatable bonds is 3. The van der Waals surface area contributed by atoms with Gasteiger partial charge in [0.2, 0.25) is 0 Å². The molecular weight excluding hydrogens is 304 g/mol. The average molecular weight is 318 g/mol. The Balaban J connectivity index is 1.86. The number of hydrogen-bond acceptors (Lipinski definition) is 6. The summed E-state index contributed by atoms with van der Waals surface area (Å²) in [6.45, 7) is 1.90. The number of pyridine rings is 1. The summed E-state index contributed by atoms with van der Waals surface area (Å²) < 4.78 is 0. The predicted molar refractivity (Wildman–Crippen MR) is 81.9 cm³/mol. The Hall–Kier alpha value is -2.32. The zero-order chi connectivity index (χ0) is 15.5. The first-order chi connectivity index (χ1) is 10.7. The van der Waals surface area contributed by atoms with Gasteiger partial charge in [0.15, 0.2) is 0 Å². The third-order valence-corrected chi connectivity index (χ3v) is 4.47. The first-order valence-corrected chi connectivity index (χ1v) is 7.69. The second kappa shape index (κ2) is 6.20. The molecule has 1 N–H and O–H groups in total. The number of nitrogens with one attached hydrogen (secondary N) is 1. The maximum Gasteiger partial charge on any atom is 0.324 e. The number of hydrogen-bond donors (Lipinski definition) is 1. The summed E-state index contributed by atoms with van der Waals surface area (Å²) in [7, 11) is 0. The number of nitrogens with zero attached hydrogens (tertiary/aromatic N) is 3. The van der Waals surface area contributed by atoms with E-state index in [1.54, 1.807) is 22.7 Å². The average Bonchev–Trinajstić information content (AvgIpc) is 3.05. The fourth-order valence-corrected chi connectivity index (χ4v) is 3.21. The zero-order valence-corrected chi connectivity index (χ0v) is 12.5. The summed E-state index contributed by atoms with van der Waals surface area (Å²) >= 11 is 0.972. The van der Waals surface area contributed by atoms with Gasteiger partial charge in [-0.15, -0.1) is 0 Å². The Kier molecular flexibility index (Phi) is 4.12. The SMILES string of the molecule is O=C(c1csc([N+](=O)[O-])c1)N1CCNCC1c1cccnc1. The molecule has 114 valence electrons. The molecule has 0 saturated carbocycles. The van der Waals surface area contributed by atoms with Crippen LogP contribution in [0.3, 0.4) is 0 Å². The van der Waals surface area contributed by atoms with Crippen molar-refractivity contribution in [3.05, 3.63) is 57.2 Å². The van der Waals surface area contributed by atoms with Gasteiger partial charge in [-0.2, -0.15) is 0 Å². The molecule has 7 nitrogen and oxygen atoms in total. The smallest absolute Gasteiger partial charge is 0.324 e. The molecule has 1 aliphatic rings. The maximum atomic E-state index is 12.7. The first kappa shape index (κ1) is 14.6. The molecule has 0 spiro atoms. The normalized spacial score (nSPS) is 18.2. The Labute approximate surface area is 130 Å². The molecule has 1 atom stereocenters. The van der Waals surface area contributed by atoms with Crippen molar-refractivity contribution in [1.82, 2.24) is 15.2 Å². The van der Waals surface area contributed by atoms with Crippen LogP contribution in [0, 0.1) is 10.1 Å². The molecule has 0 radical (unpaired) electrons. The first-order valence-electron chi connectivity index (χ1n) is 6.81. The summed E-state index contributed by atoms with van der Waals surface area (Å²) in [5, 5.41) is 15.6. The lowest BCUT2D eigenvalue weighted by Crippen LogP contribution is -2.48. The van der Waals surface area contributed by atoms with Crippen LogP contribution in [0.15, 0.2) is 36.0 Å². The molecule has 22 heavy (non-hydrogen) atoms. The summed E-state index contributed by atoms with van der Waals surface area (Å²) in [4.78, 5) is 28.8. The van der Waals surface area contributed by atoms with Gasteiger partial charge in [0.25, 0.3) is 5.91 Å². The molecule has 0 aromatic carbocycles. The van der Waals surface area contributed by atoms with Gasteiger partial charge in [0.05, 0.1) is 16.5 Å². The largest absolute Gasteiger partial charge is 0.329 e. The van der Waals surface area contributed by atoms with Crippen LogP contribution >= 0.6 is 11.3 Å². The molecule has 3 rings (SSSR count). The molecule has 1 unspecified atom stereocenters. The van der Waals surface area contributed by atoms with Crippen LogP contribution < -0.4 is 5.32 Å². The number of amides is 1. The van der Waals surface area contributed by atoms with Crippen molar-refractivity contribution in [2.24, 2.45) is 0 Å². The van der Waals surface area contributed by atoms with Crippen molar-refractivity contribution in [2.75, 3.05) is 19.6 Å².